The van der Waals surface area contributed by atoms with E-state index >= 15 is 0 Å². The fourth-order valence-electron chi connectivity index (χ4n) is 3.20. The second-order valence-corrected chi connectivity index (χ2v) is 6.31. The molecule has 20 heavy (non-hydrogen) atoms. The second kappa shape index (κ2) is 5.26. The third-order valence-electron chi connectivity index (χ3n) is 4.12. The van der Waals surface area contributed by atoms with Crippen molar-refractivity contribution >= 4 is 0 Å². The van der Waals surface area contributed by atoms with Gasteiger partial charge in [0.05, 0.1) is 6.61 Å². The zero-order valence-electron chi connectivity index (χ0n) is 12.3. The summed E-state index contributed by atoms with van der Waals surface area (Å²) in [6.45, 7) is 7.89. The quantitative estimate of drug-likeness (QED) is 0.857. The van der Waals surface area contributed by atoms with Gasteiger partial charge < -0.3 is 14.6 Å². The Kier molecular flexibility index (Phi) is 3.61. The molecule has 1 aromatic carbocycles. The van der Waals surface area contributed by atoms with Gasteiger partial charge in [-0.15, -0.1) is 0 Å². The van der Waals surface area contributed by atoms with E-state index < -0.39 is 0 Å². The summed E-state index contributed by atoms with van der Waals surface area (Å²) in [5, 5.41) is 9.69. The number of nitrogens with zero attached hydrogens (tertiary/aromatic N) is 1. The molecule has 0 bridgehead atoms. The third-order valence-corrected chi connectivity index (χ3v) is 4.12. The lowest BCUT2D eigenvalue weighted by atomic mass is 9.88. The Balaban J connectivity index is 1.93. The van der Waals surface area contributed by atoms with E-state index in [2.05, 4.69) is 18.7 Å². The maximum Gasteiger partial charge on any atom is 0.128 e. The largest absolute Gasteiger partial charge is 0.508 e. The lowest BCUT2D eigenvalue weighted by molar-refractivity contribution is 0.0283. The zero-order chi connectivity index (χ0) is 14.2. The number of phenols is 1. The molecule has 2 heterocycles. The van der Waals surface area contributed by atoms with Crippen molar-refractivity contribution in [3.8, 4) is 11.5 Å². The number of hydrogen-bond acceptors (Lipinski definition) is 4. The molecule has 0 aromatic heterocycles. The van der Waals surface area contributed by atoms with Crippen LogP contribution in [0.5, 0.6) is 11.5 Å². The van der Waals surface area contributed by atoms with Gasteiger partial charge in [0.1, 0.15) is 17.1 Å². The number of phenolic OH excluding ortho intramolecular Hbond substituents is 1. The molecule has 1 atom stereocenters. The fraction of sp³-hybridized carbons (Fsp3) is 0.625. The number of aromatic hydroxyl groups is 1. The normalized spacial score (nSPS) is 26.4. The molecule has 1 N–H and O–H groups in total. The van der Waals surface area contributed by atoms with Crippen LogP contribution in [0.2, 0.25) is 0 Å². The van der Waals surface area contributed by atoms with E-state index in [1.807, 2.05) is 6.07 Å². The average molecular weight is 277 g/mol. The Labute approximate surface area is 120 Å². The first-order chi connectivity index (χ1) is 9.55. The summed E-state index contributed by atoms with van der Waals surface area (Å²) < 4.78 is 11.6. The van der Waals surface area contributed by atoms with Crippen LogP contribution in [-0.4, -0.2) is 41.9 Å². The van der Waals surface area contributed by atoms with Crippen molar-refractivity contribution in [1.29, 1.82) is 0 Å². The van der Waals surface area contributed by atoms with Gasteiger partial charge in [0, 0.05) is 43.8 Å². The van der Waals surface area contributed by atoms with Crippen LogP contribution in [0.15, 0.2) is 18.2 Å². The van der Waals surface area contributed by atoms with Gasteiger partial charge in [0.25, 0.3) is 0 Å². The van der Waals surface area contributed by atoms with Crippen LogP contribution in [-0.2, 0) is 4.74 Å². The zero-order valence-corrected chi connectivity index (χ0v) is 12.3. The molecule has 0 radical (unpaired) electrons. The Hall–Kier alpha value is -1.26. The molecule has 0 spiro atoms. The molecular formula is C16H23NO3. The summed E-state index contributed by atoms with van der Waals surface area (Å²) in [5.41, 5.74) is 0.975. The van der Waals surface area contributed by atoms with Gasteiger partial charge in [-0.1, -0.05) is 6.07 Å². The number of fused-ring (bicyclic) bond motifs is 1. The van der Waals surface area contributed by atoms with Crippen molar-refractivity contribution in [3.63, 3.8) is 0 Å². The molecule has 110 valence electrons. The molecule has 3 rings (SSSR count). The number of rotatable bonds is 1. The van der Waals surface area contributed by atoms with Crippen molar-refractivity contribution < 1.29 is 14.6 Å². The van der Waals surface area contributed by atoms with Crippen LogP contribution in [0.25, 0.3) is 0 Å². The minimum absolute atomic E-state index is 0.210. The molecule has 1 saturated heterocycles. The van der Waals surface area contributed by atoms with Gasteiger partial charge >= 0.3 is 0 Å². The molecule has 4 heteroatoms. The molecule has 2 aliphatic rings. The van der Waals surface area contributed by atoms with E-state index in [1.165, 1.54) is 5.56 Å². The second-order valence-electron chi connectivity index (χ2n) is 6.31. The highest BCUT2D eigenvalue weighted by molar-refractivity contribution is 5.44. The Morgan fingerprint density at radius 3 is 2.95 bits per heavy atom. The van der Waals surface area contributed by atoms with Crippen molar-refractivity contribution in [2.24, 2.45) is 0 Å². The van der Waals surface area contributed by atoms with E-state index in [0.29, 0.717) is 6.04 Å². The van der Waals surface area contributed by atoms with Gasteiger partial charge in [0.2, 0.25) is 0 Å². The van der Waals surface area contributed by atoms with Crippen LogP contribution < -0.4 is 4.74 Å². The summed E-state index contributed by atoms with van der Waals surface area (Å²) in [6.07, 6.45) is 2.04. The van der Waals surface area contributed by atoms with E-state index in [-0.39, 0.29) is 11.4 Å². The van der Waals surface area contributed by atoms with Crippen LogP contribution >= 0.6 is 0 Å². The Morgan fingerprint density at radius 1 is 1.25 bits per heavy atom. The van der Waals surface area contributed by atoms with E-state index in [4.69, 9.17) is 9.47 Å². The monoisotopic (exact) mass is 277 g/mol. The summed E-state index contributed by atoms with van der Waals surface area (Å²) >= 11 is 0. The Morgan fingerprint density at radius 2 is 2.10 bits per heavy atom. The topological polar surface area (TPSA) is 41.9 Å². The van der Waals surface area contributed by atoms with Crippen molar-refractivity contribution in [2.75, 3.05) is 26.3 Å². The van der Waals surface area contributed by atoms with Gasteiger partial charge in [-0.25, -0.2) is 0 Å². The predicted molar refractivity (Wildman–Crippen MR) is 77.2 cm³/mol. The smallest absolute Gasteiger partial charge is 0.128 e. The molecule has 0 amide bonds. The maximum atomic E-state index is 9.69. The minimum atomic E-state index is -0.210. The average Bonchev–Trinajstić information content (AvgIpc) is 2.64. The van der Waals surface area contributed by atoms with Gasteiger partial charge in [-0.3, -0.25) is 4.90 Å². The molecule has 0 aliphatic carbocycles. The van der Waals surface area contributed by atoms with Crippen molar-refractivity contribution in [1.82, 2.24) is 4.90 Å². The van der Waals surface area contributed by atoms with Gasteiger partial charge in [0.15, 0.2) is 0 Å². The molecule has 0 saturated carbocycles. The molecule has 1 unspecified atom stereocenters. The summed E-state index contributed by atoms with van der Waals surface area (Å²) in [7, 11) is 0. The number of benzene rings is 1. The van der Waals surface area contributed by atoms with Crippen LogP contribution in [0, 0.1) is 0 Å². The molecule has 1 aromatic rings. The van der Waals surface area contributed by atoms with Crippen molar-refractivity contribution in [2.45, 2.75) is 38.3 Å². The molecule has 2 aliphatic heterocycles. The first-order valence-corrected chi connectivity index (χ1v) is 7.39. The highest BCUT2D eigenvalue weighted by Gasteiger charge is 2.37. The third kappa shape index (κ3) is 2.76. The van der Waals surface area contributed by atoms with E-state index in [0.717, 1.165) is 44.9 Å². The van der Waals surface area contributed by atoms with Crippen LogP contribution in [0.3, 0.4) is 0 Å². The lowest BCUT2D eigenvalue weighted by Gasteiger charge is -2.42. The van der Waals surface area contributed by atoms with Crippen molar-refractivity contribution in [3.05, 3.63) is 23.8 Å². The standard InChI is InChI=1S/C16H23NO3/c1-16(2)11-14(17-6-3-8-19-9-7-17)13-5-4-12(18)10-15(13)20-16/h4-5,10,14,18H,3,6-9,11H2,1-2H3. The highest BCUT2D eigenvalue weighted by Crippen LogP contribution is 2.43. The summed E-state index contributed by atoms with van der Waals surface area (Å²) in [5.74, 6) is 1.08. The number of ether oxygens (including phenoxy) is 2. The van der Waals surface area contributed by atoms with E-state index in [9.17, 15) is 5.11 Å². The first-order valence-electron chi connectivity index (χ1n) is 7.39. The summed E-state index contributed by atoms with van der Waals surface area (Å²) in [4.78, 5) is 2.49. The van der Waals surface area contributed by atoms with Gasteiger partial charge in [-0.2, -0.15) is 0 Å². The highest BCUT2D eigenvalue weighted by atomic mass is 16.5. The molecule has 1 fully saturated rings. The fourth-order valence-corrected chi connectivity index (χ4v) is 3.20. The first kappa shape index (κ1) is 13.7. The SMILES string of the molecule is CC1(C)CC(N2CCCOCC2)c2ccc(O)cc2O1. The molecule has 4 nitrogen and oxygen atoms in total. The predicted octanol–water partition coefficient (Wildman–Crippen LogP) is 2.72. The minimum Gasteiger partial charge on any atom is -0.508 e. The number of hydrogen-bond donors (Lipinski definition) is 1. The Bertz CT molecular complexity index is 479. The summed E-state index contributed by atoms with van der Waals surface area (Å²) in [6, 6.07) is 5.83. The van der Waals surface area contributed by atoms with Crippen LogP contribution in [0.1, 0.15) is 38.3 Å². The van der Waals surface area contributed by atoms with Gasteiger partial charge in [-0.05, 0) is 26.3 Å². The maximum absolute atomic E-state index is 9.69. The lowest BCUT2D eigenvalue weighted by Crippen LogP contribution is -2.42. The van der Waals surface area contributed by atoms with E-state index in [1.54, 1.807) is 12.1 Å². The molecular weight excluding hydrogens is 254 g/mol. The van der Waals surface area contributed by atoms with Crippen LogP contribution in [0.4, 0.5) is 0 Å².